The molecular formula is C7H14O2S. The maximum absolute atomic E-state index is 9.16. The Hall–Kier alpha value is 0.270. The van der Waals surface area contributed by atoms with Crippen molar-refractivity contribution in [1.82, 2.24) is 0 Å². The van der Waals surface area contributed by atoms with Crippen LogP contribution in [0.1, 0.15) is 13.3 Å². The van der Waals surface area contributed by atoms with E-state index in [0.717, 1.165) is 25.4 Å². The second kappa shape index (κ2) is 4.21. The van der Waals surface area contributed by atoms with Crippen LogP contribution in [0, 0.1) is 0 Å². The van der Waals surface area contributed by atoms with Gasteiger partial charge in [0, 0.05) is 5.75 Å². The van der Waals surface area contributed by atoms with Crippen molar-refractivity contribution in [2.24, 2.45) is 0 Å². The summed E-state index contributed by atoms with van der Waals surface area (Å²) in [5.41, 5.74) is 0. The Morgan fingerprint density at radius 1 is 1.70 bits per heavy atom. The van der Waals surface area contributed by atoms with Gasteiger partial charge in [-0.25, -0.2) is 0 Å². The zero-order chi connectivity index (χ0) is 7.40. The fourth-order valence-electron chi connectivity index (χ4n) is 0.675. The minimum Gasteiger partial charge on any atom is -0.392 e. The molecule has 1 rings (SSSR count). The van der Waals surface area contributed by atoms with E-state index in [9.17, 15) is 0 Å². The average molecular weight is 162 g/mol. The van der Waals surface area contributed by atoms with Crippen LogP contribution in [0.15, 0.2) is 0 Å². The molecule has 60 valence electrons. The van der Waals surface area contributed by atoms with E-state index in [2.05, 4.69) is 0 Å². The Morgan fingerprint density at radius 3 is 2.80 bits per heavy atom. The smallest absolute Gasteiger partial charge is 0.0628 e. The molecule has 1 saturated heterocycles. The Morgan fingerprint density at radius 2 is 2.40 bits per heavy atom. The van der Waals surface area contributed by atoms with Gasteiger partial charge in [-0.1, -0.05) is 6.92 Å². The fourth-order valence-corrected chi connectivity index (χ4v) is 1.79. The first-order chi connectivity index (χ1) is 4.83. The summed E-state index contributed by atoms with van der Waals surface area (Å²) in [5, 5.41) is 9.82. The molecule has 0 unspecified atom stereocenters. The zero-order valence-corrected chi connectivity index (χ0v) is 7.06. The van der Waals surface area contributed by atoms with Crippen LogP contribution in [-0.4, -0.2) is 35.4 Å². The summed E-state index contributed by atoms with van der Waals surface area (Å²) in [7, 11) is 0. The van der Waals surface area contributed by atoms with Gasteiger partial charge in [0.15, 0.2) is 0 Å². The minimum atomic E-state index is -0.120. The highest BCUT2D eigenvalue weighted by Gasteiger charge is 2.19. The molecule has 0 spiro atoms. The van der Waals surface area contributed by atoms with E-state index in [1.165, 1.54) is 0 Å². The lowest BCUT2D eigenvalue weighted by molar-refractivity contribution is 0.0452. The molecule has 0 saturated carbocycles. The lowest BCUT2D eigenvalue weighted by Crippen LogP contribution is -2.31. The molecule has 0 bridgehead atoms. The van der Waals surface area contributed by atoms with Crippen LogP contribution in [0.5, 0.6) is 0 Å². The zero-order valence-electron chi connectivity index (χ0n) is 6.25. The summed E-state index contributed by atoms with van der Waals surface area (Å²) in [4.78, 5) is 0. The molecule has 0 aromatic heterocycles. The molecule has 2 nitrogen and oxygen atoms in total. The summed E-state index contributed by atoms with van der Waals surface area (Å²) in [6.45, 7) is 3.75. The maximum Gasteiger partial charge on any atom is 0.0628 e. The van der Waals surface area contributed by atoms with Gasteiger partial charge in [0.2, 0.25) is 0 Å². The van der Waals surface area contributed by atoms with Gasteiger partial charge in [-0.05, 0) is 6.42 Å². The third kappa shape index (κ3) is 2.48. The molecule has 0 radical (unpaired) electrons. The van der Waals surface area contributed by atoms with Gasteiger partial charge in [-0.15, -0.1) is 0 Å². The standard InChI is InChI=1S/C7H14O2S/c1-2-6(8)5-10-7-3-9-4-7/h6-8H,2-5H2,1H3/t6-/m1/s1. The van der Waals surface area contributed by atoms with E-state index in [1.54, 1.807) is 0 Å². The summed E-state index contributed by atoms with van der Waals surface area (Å²) >= 11 is 1.82. The monoisotopic (exact) mass is 162 g/mol. The van der Waals surface area contributed by atoms with E-state index in [4.69, 9.17) is 9.84 Å². The van der Waals surface area contributed by atoms with Crippen LogP contribution in [0.3, 0.4) is 0 Å². The first-order valence-corrected chi connectivity index (χ1v) is 4.75. The maximum atomic E-state index is 9.16. The van der Waals surface area contributed by atoms with Crippen LogP contribution >= 0.6 is 11.8 Å². The van der Waals surface area contributed by atoms with Gasteiger partial charge < -0.3 is 9.84 Å². The molecule has 1 fully saturated rings. The van der Waals surface area contributed by atoms with E-state index in [1.807, 2.05) is 18.7 Å². The van der Waals surface area contributed by atoms with Crippen molar-refractivity contribution >= 4 is 11.8 Å². The largest absolute Gasteiger partial charge is 0.392 e. The third-order valence-electron chi connectivity index (χ3n) is 1.60. The number of hydrogen-bond donors (Lipinski definition) is 1. The summed E-state index contributed by atoms with van der Waals surface area (Å²) in [5.74, 6) is 0.866. The molecule has 3 heteroatoms. The predicted molar refractivity (Wildman–Crippen MR) is 43.4 cm³/mol. The van der Waals surface area contributed by atoms with Crippen LogP contribution < -0.4 is 0 Å². The number of aliphatic hydroxyl groups excluding tert-OH is 1. The highest BCUT2D eigenvalue weighted by atomic mass is 32.2. The van der Waals surface area contributed by atoms with Crippen molar-refractivity contribution in [2.45, 2.75) is 24.7 Å². The van der Waals surface area contributed by atoms with Crippen molar-refractivity contribution in [2.75, 3.05) is 19.0 Å². The van der Waals surface area contributed by atoms with Crippen molar-refractivity contribution in [3.8, 4) is 0 Å². The van der Waals surface area contributed by atoms with E-state index in [0.29, 0.717) is 5.25 Å². The summed E-state index contributed by atoms with van der Waals surface area (Å²) in [6, 6.07) is 0. The van der Waals surface area contributed by atoms with E-state index < -0.39 is 0 Å². The molecule has 0 amide bonds. The Bertz CT molecular complexity index is 88.9. The van der Waals surface area contributed by atoms with E-state index >= 15 is 0 Å². The summed E-state index contributed by atoms with van der Waals surface area (Å²) < 4.78 is 5.00. The lowest BCUT2D eigenvalue weighted by Gasteiger charge is -2.25. The van der Waals surface area contributed by atoms with Crippen molar-refractivity contribution in [3.63, 3.8) is 0 Å². The number of hydrogen-bond acceptors (Lipinski definition) is 3. The molecular weight excluding hydrogens is 148 g/mol. The highest BCUT2D eigenvalue weighted by molar-refractivity contribution is 8.00. The second-order valence-electron chi connectivity index (χ2n) is 2.55. The highest BCUT2D eigenvalue weighted by Crippen LogP contribution is 2.19. The van der Waals surface area contributed by atoms with Crippen LogP contribution in [0.2, 0.25) is 0 Å². The molecule has 1 N–H and O–H groups in total. The first-order valence-electron chi connectivity index (χ1n) is 3.70. The molecule has 0 aromatic carbocycles. The second-order valence-corrected chi connectivity index (χ2v) is 3.89. The lowest BCUT2D eigenvalue weighted by atomic mass is 10.3. The number of aliphatic hydroxyl groups is 1. The molecule has 0 aliphatic carbocycles. The Balaban J connectivity index is 1.93. The molecule has 0 aromatic rings. The average Bonchev–Trinajstić information content (AvgIpc) is 1.84. The van der Waals surface area contributed by atoms with Gasteiger partial charge in [0.1, 0.15) is 0 Å². The topological polar surface area (TPSA) is 29.5 Å². The minimum absolute atomic E-state index is 0.120. The predicted octanol–water partition coefficient (Wildman–Crippen LogP) is 0.889. The SMILES string of the molecule is CC[C@@H](O)CSC1COC1. The Labute approximate surface area is 66.0 Å². The van der Waals surface area contributed by atoms with E-state index in [-0.39, 0.29) is 6.10 Å². The molecule has 1 aliphatic heterocycles. The van der Waals surface area contributed by atoms with Crippen LogP contribution in [0.25, 0.3) is 0 Å². The number of rotatable bonds is 4. The van der Waals surface area contributed by atoms with Gasteiger partial charge in [-0.2, -0.15) is 11.8 Å². The van der Waals surface area contributed by atoms with Gasteiger partial charge in [0.25, 0.3) is 0 Å². The van der Waals surface area contributed by atoms with Crippen molar-refractivity contribution in [1.29, 1.82) is 0 Å². The van der Waals surface area contributed by atoms with Crippen molar-refractivity contribution in [3.05, 3.63) is 0 Å². The normalized spacial score (nSPS) is 22.2. The Kier molecular flexibility index (Phi) is 3.52. The van der Waals surface area contributed by atoms with Gasteiger partial charge in [-0.3, -0.25) is 0 Å². The third-order valence-corrected chi connectivity index (χ3v) is 2.92. The fraction of sp³-hybridized carbons (Fsp3) is 1.00. The molecule has 1 atom stereocenters. The van der Waals surface area contributed by atoms with Gasteiger partial charge >= 0.3 is 0 Å². The molecule has 1 aliphatic rings. The first kappa shape index (κ1) is 8.37. The number of ether oxygens (including phenoxy) is 1. The van der Waals surface area contributed by atoms with Crippen LogP contribution in [-0.2, 0) is 4.74 Å². The van der Waals surface area contributed by atoms with Gasteiger partial charge in [0.05, 0.1) is 24.6 Å². The van der Waals surface area contributed by atoms with Crippen molar-refractivity contribution < 1.29 is 9.84 Å². The number of thioether (sulfide) groups is 1. The van der Waals surface area contributed by atoms with Crippen LogP contribution in [0.4, 0.5) is 0 Å². The molecule has 1 heterocycles. The quantitative estimate of drug-likeness (QED) is 0.665. The molecule has 10 heavy (non-hydrogen) atoms. The summed E-state index contributed by atoms with van der Waals surface area (Å²) in [6.07, 6.45) is 0.742.